The normalized spacial score (nSPS) is 15.8. The first-order chi connectivity index (χ1) is 11.0. The van der Waals surface area contributed by atoms with Crippen LogP contribution in [-0.4, -0.2) is 44.9 Å². The number of amides is 1. The fourth-order valence-corrected chi connectivity index (χ4v) is 3.54. The van der Waals surface area contributed by atoms with Crippen molar-refractivity contribution in [2.45, 2.75) is 26.2 Å². The number of H-pyrrole nitrogens is 1. The Morgan fingerprint density at radius 2 is 2.17 bits per heavy atom. The first-order valence-electron chi connectivity index (χ1n) is 7.65. The van der Waals surface area contributed by atoms with Gasteiger partial charge in [-0.1, -0.05) is 0 Å². The number of nitrogens with one attached hydrogen (secondary N) is 1. The molecule has 23 heavy (non-hydrogen) atoms. The van der Waals surface area contributed by atoms with Gasteiger partial charge in [-0.3, -0.25) is 9.59 Å². The maximum Gasteiger partial charge on any atom is 0.303 e. The molecule has 0 spiro atoms. The molecule has 3 heterocycles. The lowest BCUT2D eigenvalue weighted by atomic mass is 9.93. The number of nitrogens with zero attached hydrogens (tertiary/aromatic N) is 2. The summed E-state index contributed by atoms with van der Waals surface area (Å²) in [5.74, 6) is -0.618. The van der Waals surface area contributed by atoms with Gasteiger partial charge in [0, 0.05) is 36.7 Å². The van der Waals surface area contributed by atoms with Gasteiger partial charge in [-0.25, -0.2) is 4.98 Å². The number of carbonyl (C=O) groups is 2. The van der Waals surface area contributed by atoms with E-state index in [0.29, 0.717) is 18.8 Å². The molecular weight excluding hydrogens is 314 g/mol. The molecule has 1 aliphatic heterocycles. The fraction of sp³-hybridized carbons (Fsp3) is 0.438. The fourth-order valence-electron chi connectivity index (χ4n) is 2.92. The van der Waals surface area contributed by atoms with Crippen LogP contribution in [-0.2, 0) is 4.79 Å². The molecule has 0 unspecified atom stereocenters. The summed E-state index contributed by atoms with van der Waals surface area (Å²) in [7, 11) is 0. The van der Waals surface area contributed by atoms with Crippen LogP contribution in [0.5, 0.6) is 0 Å². The van der Waals surface area contributed by atoms with Crippen molar-refractivity contribution in [3.63, 3.8) is 0 Å². The minimum absolute atomic E-state index is 0.0306. The highest BCUT2D eigenvalue weighted by Crippen LogP contribution is 2.25. The Morgan fingerprint density at radius 3 is 2.78 bits per heavy atom. The van der Waals surface area contributed by atoms with Gasteiger partial charge in [-0.05, 0) is 31.7 Å². The van der Waals surface area contributed by atoms with Gasteiger partial charge in [0.05, 0.1) is 10.7 Å². The van der Waals surface area contributed by atoms with Gasteiger partial charge >= 0.3 is 5.97 Å². The van der Waals surface area contributed by atoms with Crippen LogP contribution in [0.2, 0.25) is 0 Å². The zero-order valence-electron chi connectivity index (χ0n) is 12.9. The van der Waals surface area contributed by atoms with Crippen molar-refractivity contribution in [3.05, 3.63) is 28.3 Å². The van der Waals surface area contributed by atoms with Gasteiger partial charge in [0.15, 0.2) is 0 Å². The summed E-state index contributed by atoms with van der Waals surface area (Å²) in [6.45, 7) is 3.18. The molecule has 122 valence electrons. The topological polar surface area (TPSA) is 86.3 Å². The molecule has 0 saturated carbocycles. The molecule has 0 aromatic carbocycles. The Morgan fingerprint density at radius 1 is 1.43 bits per heavy atom. The number of aromatic amines is 1. The van der Waals surface area contributed by atoms with Crippen molar-refractivity contribution < 1.29 is 14.7 Å². The van der Waals surface area contributed by atoms with Gasteiger partial charge in [-0.15, -0.1) is 11.3 Å². The van der Waals surface area contributed by atoms with Crippen LogP contribution in [0.3, 0.4) is 0 Å². The van der Waals surface area contributed by atoms with Crippen molar-refractivity contribution in [2.75, 3.05) is 13.1 Å². The monoisotopic (exact) mass is 333 g/mol. The second-order valence-electron chi connectivity index (χ2n) is 5.89. The lowest BCUT2D eigenvalue weighted by Gasteiger charge is -2.31. The minimum Gasteiger partial charge on any atom is -0.481 e. The van der Waals surface area contributed by atoms with Crippen molar-refractivity contribution in [1.29, 1.82) is 0 Å². The Labute approximate surface area is 138 Å². The summed E-state index contributed by atoms with van der Waals surface area (Å²) < 4.78 is 0. The highest BCUT2D eigenvalue weighted by Gasteiger charge is 2.25. The number of carboxylic acid groups (broad SMARTS) is 1. The number of piperidine rings is 1. The van der Waals surface area contributed by atoms with Crippen LogP contribution >= 0.6 is 11.3 Å². The van der Waals surface area contributed by atoms with E-state index < -0.39 is 5.97 Å². The van der Waals surface area contributed by atoms with E-state index in [-0.39, 0.29) is 18.2 Å². The molecule has 0 aliphatic carbocycles. The average Bonchev–Trinajstić information content (AvgIpc) is 3.15. The number of carboxylic acids is 1. The highest BCUT2D eigenvalue weighted by molar-refractivity contribution is 7.09. The van der Waals surface area contributed by atoms with E-state index in [1.54, 1.807) is 22.4 Å². The van der Waals surface area contributed by atoms with Gasteiger partial charge in [0.25, 0.3) is 5.91 Å². The number of aliphatic carboxylic acids is 1. The summed E-state index contributed by atoms with van der Waals surface area (Å²) in [5.41, 5.74) is 2.35. The van der Waals surface area contributed by atoms with Crippen molar-refractivity contribution in [3.8, 4) is 11.3 Å². The Balaban J connectivity index is 1.63. The first kappa shape index (κ1) is 15.7. The summed E-state index contributed by atoms with van der Waals surface area (Å²) in [6, 6.07) is 1.83. The molecule has 1 fully saturated rings. The molecular formula is C16H19N3O3S. The Bertz CT molecular complexity index is 714. The second kappa shape index (κ2) is 6.54. The minimum atomic E-state index is -0.762. The highest BCUT2D eigenvalue weighted by atomic mass is 32.1. The number of rotatable bonds is 4. The zero-order chi connectivity index (χ0) is 16.4. The van der Waals surface area contributed by atoms with Crippen LogP contribution in [0.15, 0.2) is 17.6 Å². The quantitative estimate of drug-likeness (QED) is 0.901. The van der Waals surface area contributed by atoms with E-state index in [1.165, 1.54) is 0 Å². The smallest absolute Gasteiger partial charge is 0.303 e. The lowest BCUT2D eigenvalue weighted by Crippen LogP contribution is -2.39. The van der Waals surface area contributed by atoms with Crippen molar-refractivity contribution in [2.24, 2.45) is 5.92 Å². The number of likely N-dealkylation sites (tertiary alicyclic amines) is 1. The molecule has 0 bridgehead atoms. The van der Waals surface area contributed by atoms with E-state index in [2.05, 4.69) is 9.97 Å². The van der Waals surface area contributed by atoms with E-state index >= 15 is 0 Å². The van der Waals surface area contributed by atoms with Gasteiger partial charge < -0.3 is 15.0 Å². The average molecular weight is 333 g/mol. The van der Waals surface area contributed by atoms with Crippen molar-refractivity contribution in [1.82, 2.24) is 14.9 Å². The molecule has 2 aromatic heterocycles. The predicted molar refractivity (Wildman–Crippen MR) is 87.5 cm³/mol. The van der Waals surface area contributed by atoms with E-state index in [9.17, 15) is 9.59 Å². The molecule has 7 heteroatoms. The van der Waals surface area contributed by atoms with E-state index in [1.807, 2.05) is 18.4 Å². The number of aryl methyl sites for hydroxylation is 1. The van der Waals surface area contributed by atoms with Crippen LogP contribution in [0, 0.1) is 12.8 Å². The first-order valence-corrected chi connectivity index (χ1v) is 8.53. The third-order valence-electron chi connectivity index (χ3n) is 4.19. The molecule has 3 rings (SSSR count). The van der Waals surface area contributed by atoms with E-state index in [4.69, 9.17) is 5.11 Å². The summed E-state index contributed by atoms with van der Waals surface area (Å²) in [5, 5.41) is 11.8. The third kappa shape index (κ3) is 3.61. The molecule has 6 nitrogen and oxygen atoms in total. The zero-order valence-corrected chi connectivity index (χ0v) is 13.7. The molecule has 0 radical (unpaired) electrons. The SMILES string of the molecule is Cc1nc(-c2c[nH]c(C(=O)N3CCC(CC(=O)O)CC3)c2)cs1. The number of aromatic nitrogens is 2. The van der Waals surface area contributed by atoms with Gasteiger partial charge in [0.2, 0.25) is 0 Å². The summed E-state index contributed by atoms with van der Waals surface area (Å²) >= 11 is 1.58. The third-order valence-corrected chi connectivity index (χ3v) is 4.97. The molecule has 1 saturated heterocycles. The molecule has 1 aliphatic rings. The molecule has 2 N–H and O–H groups in total. The van der Waals surface area contributed by atoms with Crippen LogP contribution in [0.4, 0.5) is 0 Å². The Kier molecular flexibility index (Phi) is 4.47. The molecule has 2 aromatic rings. The maximum atomic E-state index is 12.5. The number of hydrogen-bond donors (Lipinski definition) is 2. The maximum absolute atomic E-state index is 12.5. The van der Waals surface area contributed by atoms with Crippen LogP contribution in [0.1, 0.15) is 34.8 Å². The van der Waals surface area contributed by atoms with Gasteiger partial charge in [0.1, 0.15) is 5.69 Å². The van der Waals surface area contributed by atoms with Crippen molar-refractivity contribution >= 4 is 23.2 Å². The predicted octanol–water partition coefficient (Wildman–Crippen LogP) is 2.77. The van der Waals surface area contributed by atoms with Gasteiger partial charge in [-0.2, -0.15) is 0 Å². The standard InChI is InChI=1S/C16H19N3O3S/c1-10-18-14(9-23-10)12-7-13(17-8-12)16(22)19-4-2-11(3-5-19)6-15(20)21/h7-9,11,17H,2-6H2,1H3,(H,20,21). The van der Waals surface area contributed by atoms with Crippen LogP contribution in [0.25, 0.3) is 11.3 Å². The largest absolute Gasteiger partial charge is 0.481 e. The number of thiazole rings is 1. The Hall–Kier alpha value is -2.15. The van der Waals surface area contributed by atoms with Crippen LogP contribution < -0.4 is 0 Å². The molecule has 1 amide bonds. The summed E-state index contributed by atoms with van der Waals surface area (Å²) in [6.07, 6.45) is 3.49. The summed E-state index contributed by atoms with van der Waals surface area (Å²) in [4.78, 5) is 32.5. The second-order valence-corrected chi connectivity index (χ2v) is 6.95. The molecule has 0 atom stereocenters. The number of hydrogen-bond acceptors (Lipinski definition) is 4. The lowest BCUT2D eigenvalue weighted by molar-refractivity contribution is -0.138. The number of carbonyl (C=O) groups excluding carboxylic acids is 1. The van der Waals surface area contributed by atoms with E-state index in [0.717, 1.165) is 29.1 Å².